The van der Waals surface area contributed by atoms with Crippen molar-refractivity contribution in [3.05, 3.63) is 149 Å². The lowest BCUT2D eigenvalue weighted by Gasteiger charge is -2.38. The van der Waals surface area contributed by atoms with Crippen LogP contribution in [0.1, 0.15) is 27.9 Å². The molecule has 0 radical (unpaired) electrons. The zero-order chi connectivity index (χ0) is 27.9. The molecule has 0 unspecified atom stereocenters. The van der Waals surface area contributed by atoms with Crippen molar-refractivity contribution in [2.75, 3.05) is 12.3 Å². The molecule has 0 bridgehead atoms. The molecule has 0 saturated heterocycles. The fourth-order valence-corrected chi connectivity index (χ4v) is 7.09. The van der Waals surface area contributed by atoms with Gasteiger partial charge in [-0.05, 0) is 28.8 Å². The highest BCUT2D eigenvalue weighted by Crippen LogP contribution is 2.43. The molecule has 0 amide bonds. The summed E-state index contributed by atoms with van der Waals surface area (Å²) in [6.45, 7) is 0.0170. The molecule has 0 atom stereocenters. The number of benzene rings is 4. The SMILES string of the molecule is Nc1nn(C(c2ccccc2)(c2ccccc2)c2ccccc2)c2c1CN(S(=O)(=O)c1cc(F)cc(F)c1)CC2. The number of nitrogens with zero attached hydrogens (tertiary/aromatic N) is 3. The summed E-state index contributed by atoms with van der Waals surface area (Å²) in [4.78, 5) is -0.438. The van der Waals surface area contributed by atoms with E-state index >= 15 is 0 Å². The molecule has 0 saturated carbocycles. The maximum absolute atomic E-state index is 13.9. The van der Waals surface area contributed by atoms with Gasteiger partial charge < -0.3 is 5.73 Å². The van der Waals surface area contributed by atoms with Gasteiger partial charge in [-0.25, -0.2) is 21.9 Å². The molecule has 40 heavy (non-hydrogen) atoms. The minimum atomic E-state index is -4.19. The van der Waals surface area contributed by atoms with Gasteiger partial charge in [-0.2, -0.15) is 9.40 Å². The molecule has 1 aliphatic rings. The Labute approximate surface area is 231 Å². The average molecular weight is 557 g/mol. The van der Waals surface area contributed by atoms with Crippen LogP contribution >= 0.6 is 0 Å². The van der Waals surface area contributed by atoms with E-state index in [9.17, 15) is 17.2 Å². The lowest BCUT2D eigenvalue weighted by atomic mass is 9.76. The van der Waals surface area contributed by atoms with Gasteiger partial charge in [0.1, 0.15) is 23.0 Å². The van der Waals surface area contributed by atoms with Crippen LogP contribution in [-0.4, -0.2) is 29.0 Å². The van der Waals surface area contributed by atoms with Crippen LogP contribution in [0.3, 0.4) is 0 Å². The molecule has 0 fully saturated rings. The van der Waals surface area contributed by atoms with E-state index in [0.29, 0.717) is 18.1 Å². The smallest absolute Gasteiger partial charge is 0.243 e. The summed E-state index contributed by atoms with van der Waals surface area (Å²) in [7, 11) is -4.19. The number of rotatable bonds is 6. The number of anilines is 1. The van der Waals surface area contributed by atoms with Crippen molar-refractivity contribution >= 4 is 15.8 Å². The monoisotopic (exact) mass is 556 g/mol. The van der Waals surface area contributed by atoms with Crippen molar-refractivity contribution in [2.45, 2.75) is 23.4 Å². The molecule has 9 heteroatoms. The standard InChI is InChI=1S/C31H26F2N4O2S/c32-25-18-26(33)20-27(19-25)40(38,39)36-17-16-29-28(21-36)30(34)35-37(29)31(22-10-4-1-5-11-22,23-12-6-2-7-13-23)24-14-8-3-9-15-24/h1-15,18-20H,16-17,21H2,(H2,34,35). The second kappa shape index (κ2) is 10.0. The second-order valence-corrected chi connectivity index (χ2v) is 11.7. The first-order chi connectivity index (χ1) is 19.3. The van der Waals surface area contributed by atoms with Crippen LogP contribution < -0.4 is 5.73 Å². The number of hydrogen-bond donors (Lipinski definition) is 1. The Morgan fingerprint density at radius 2 is 1.23 bits per heavy atom. The Balaban J connectivity index is 1.55. The Bertz CT molecular complexity index is 1660. The van der Waals surface area contributed by atoms with Crippen LogP contribution in [0.25, 0.3) is 0 Å². The number of fused-ring (bicyclic) bond motifs is 1. The first-order valence-corrected chi connectivity index (χ1v) is 14.3. The largest absolute Gasteiger partial charge is 0.382 e. The van der Waals surface area contributed by atoms with Crippen molar-refractivity contribution < 1.29 is 17.2 Å². The first kappa shape index (κ1) is 25.9. The molecule has 5 aromatic rings. The van der Waals surface area contributed by atoms with Crippen molar-refractivity contribution in [3.63, 3.8) is 0 Å². The molecule has 6 rings (SSSR count). The molecule has 202 valence electrons. The van der Waals surface area contributed by atoms with E-state index in [2.05, 4.69) is 0 Å². The van der Waals surface area contributed by atoms with Gasteiger partial charge in [0.2, 0.25) is 10.0 Å². The Hall–Kier alpha value is -4.34. The molecule has 0 aliphatic carbocycles. The van der Waals surface area contributed by atoms with Crippen LogP contribution in [-0.2, 0) is 28.5 Å². The summed E-state index contributed by atoms with van der Waals surface area (Å²) < 4.78 is 57.7. The van der Waals surface area contributed by atoms with E-state index < -0.39 is 32.1 Å². The zero-order valence-electron chi connectivity index (χ0n) is 21.4. The average Bonchev–Trinajstić information content (AvgIpc) is 3.30. The van der Waals surface area contributed by atoms with Crippen LogP contribution in [0.15, 0.2) is 114 Å². The minimum absolute atomic E-state index is 0.0733. The van der Waals surface area contributed by atoms with Gasteiger partial charge in [-0.1, -0.05) is 91.0 Å². The predicted molar refractivity (Wildman–Crippen MR) is 149 cm³/mol. The van der Waals surface area contributed by atoms with E-state index in [1.807, 2.05) is 95.7 Å². The third-order valence-corrected chi connectivity index (χ3v) is 9.24. The summed E-state index contributed by atoms with van der Waals surface area (Å²) in [6.07, 6.45) is 0.296. The zero-order valence-corrected chi connectivity index (χ0v) is 22.2. The summed E-state index contributed by atoms with van der Waals surface area (Å²) in [5.74, 6) is -1.71. The third kappa shape index (κ3) is 4.18. The molecule has 6 nitrogen and oxygen atoms in total. The van der Waals surface area contributed by atoms with E-state index in [4.69, 9.17) is 10.8 Å². The Morgan fingerprint density at radius 1 is 0.750 bits per heavy atom. The molecule has 2 heterocycles. The van der Waals surface area contributed by atoms with E-state index in [-0.39, 0.29) is 18.9 Å². The summed E-state index contributed by atoms with van der Waals surface area (Å²) in [5.41, 5.74) is 9.86. The van der Waals surface area contributed by atoms with E-state index in [1.165, 1.54) is 4.31 Å². The van der Waals surface area contributed by atoms with E-state index in [1.54, 1.807) is 0 Å². The quantitative estimate of drug-likeness (QED) is 0.287. The second-order valence-electron chi connectivity index (χ2n) is 9.72. The lowest BCUT2D eigenvalue weighted by Crippen LogP contribution is -2.42. The van der Waals surface area contributed by atoms with Crippen LogP contribution in [0, 0.1) is 11.6 Å². The number of sulfonamides is 1. The van der Waals surface area contributed by atoms with Crippen molar-refractivity contribution in [3.8, 4) is 0 Å². The maximum atomic E-state index is 13.9. The van der Waals surface area contributed by atoms with E-state index in [0.717, 1.165) is 34.5 Å². The normalized spacial score (nSPS) is 14.2. The summed E-state index contributed by atoms with van der Waals surface area (Å²) in [5, 5.41) is 4.86. The van der Waals surface area contributed by atoms with Crippen molar-refractivity contribution in [2.24, 2.45) is 0 Å². The van der Waals surface area contributed by atoms with Gasteiger partial charge in [-0.3, -0.25) is 0 Å². The van der Waals surface area contributed by atoms with Gasteiger partial charge in [0, 0.05) is 36.8 Å². The van der Waals surface area contributed by atoms with Gasteiger partial charge in [0.25, 0.3) is 0 Å². The minimum Gasteiger partial charge on any atom is -0.382 e. The summed E-state index contributed by atoms with van der Waals surface area (Å²) in [6, 6.07) is 32.3. The van der Waals surface area contributed by atoms with Crippen LogP contribution in [0.5, 0.6) is 0 Å². The molecule has 2 N–H and O–H groups in total. The Morgan fingerprint density at radius 3 is 1.70 bits per heavy atom. The molecular weight excluding hydrogens is 530 g/mol. The molecule has 1 aliphatic heterocycles. The van der Waals surface area contributed by atoms with Gasteiger partial charge in [-0.15, -0.1) is 0 Å². The molecule has 1 aromatic heterocycles. The van der Waals surface area contributed by atoms with Gasteiger partial charge in [0.05, 0.1) is 4.90 Å². The van der Waals surface area contributed by atoms with Crippen LogP contribution in [0.2, 0.25) is 0 Å². The highest BCUT2D eigenvalue weighted by atomic mass is 32.2. The lowest BCUT2D eigenvalue weighted by molar-refractivity contribution is 0.369. The highest BCUT2D eigenvalue weighted by Gasteiger charge is 2.43. The van der Waals surface area contributed by atoms with Crippen molar-refractivity contribution in [1.82, 2.24) is 14.1 Å². The maximum Gasteiger partial charge on any atom is 0.243 e. The number of hydrogen-bond acceptors (Lipinski definition) is 4. The number of nitrogen functional groups attached to an aromatic ring is 1. The summed E-state index contributed by atoms with van der Waals surface area (Å²) >= 11 is 0. The highest BCUT2D eigenvalue weighted by molar-refractivity contribution is 7.89. The topological polar surface area (TPSA) is 81.2 Å². The number of aromatic nitrogens is 2. The van der Waals surface area contributed by atoms with Crippen LogP contribution in [0.4, 0.5) is 14.6 Å². The van der Waals surface area contributed by atoms with Crippen molar-refractivity contribution in [1.29, 1.82) is 0 Å². The molecule has 4 aromatic carbocycles. The molecular formula is C31H26F2N4O2S. The molecule has 0 spiro atoms. The van der Waals surface area contributed by atoms with Gasteiger partial charge >= 0.3 is 0 Å². The fraction of sp³-hybridized carbons (Fsp3) is 0.129. The number of nitrogens with two attached hydrogens (primary N) is 1. The Kier molecular flexibility index (Phi) is 6.48. The predicted octanol–water partition coefficient (Wildman–Crippen LogP) is 5.33. The fourth-order valence-electron chi connectivity index (χ4n) is 5.63. The number of halogens is 2. The third-order valence-electron chi connectivity index (χ3n) is 7.42. The van der Waals surface area contributed by atoms with Gasteiger partial charge in [0.15, 0.2) is 0 Å². The first-order valence-electron chi connectivity index (χ1n) is 12.8.